The fourth-order valence-corrected chi connectivity index (χ4v) is 3.78. The number of rotatable bonds is 2. The van der Waals surface area contributed by atoms with Gasteiger partial charge in [0.25, 0.3) is 0 Å². The third-order valence-corrected chi connectivity index (χ3v) is 4.57. The van der Waals surface area contributed by atoms with Crippen LogP contribution in [0.3, 0.4) is 0 Å². The van der Waals surface area contributed by atoms with Gasteiger partial charge in [-0.3, -0.25) is 0 Å². The third-order valence-electron chi connectivity index (χ3n) is 4.57. The summed E-state index contributed by atoms with van der Waals surface area (Å²) in [7, 11) is 2.12. The molecule has 0 radical (unpaired) electrons. The predicted octanol–water partition coefficient (Wildman–Crippen LogP) is 2.63. The number of aryl methyl sites for hydroxylation is 1. The van der Waals surface area contributed by atoms with E-state index in [0.717, 1.165) is 5.92 Å². The predicted molar refractivity (Wildman–Crippen MR) is 63.0 cm³/mol. The molecule has 0 spiro atoms. The molecule has 0 amide bonds. The van der Waals surface area contributed by atoms with Crippen molar-refractivity contribution in [3.05, 3.63) is 35.4 Å². The number of nitrogens with one attached hydrogen (secondary N) is 1. The Kier molecular flexibility index (Phi) is 1.93. The SMILES string of the molecule is CNC1CCC2CC21c1ccccc1C. The lowest BCUT2D eigenvalue weighted by Gasteiger charge is -2.25. The first-order chi connectivity index (χ1) is 7.29. The highest BCUT2D eigenvalue weighted by Crippen LogP contribution is 2.64. The highest BCUT2D eigenvalue weighted by Gasteiger charge is 2.63. The minimum absolute atomic E-state index is 0.500. The lowest BCUT2D eigenvalue weighted by Crippen LogP contribution is -2.35. The second kappa shape index (κ2) is 3.08. The molecule has 2 aliphatic rings. The zero-order valence-electron chi connectivity index (χ0n) is 9.59. The van der Waals surface area contributed by atoms with Crippen LogP contribution in [0.25, 0.3) is 0 Å². The smallest absolute Gasteiger partial charge is 0.0164 e. The third kappa shape index (κ3) is 1.13. The molecule has 80 valence electrons. The van der Waals surface area contributed by atoms with Crippen molar-refractivity contribution in [1.82, 2.24) is 5.32 Å². The summed E-state index contributed by atoms with van der Waals surface area (Å²) in [5.41, 5.74) is 3.58. The van der Waals surface area contributed by atoms with E-state index in [1.807, 2.05) is 0 Å². The van der Waals surface area contributed by atoms with Gasteiger partial charge in [-0.1, -0.05) is 24.3 Å². The van der Waals surface area contributed by atoms with E-state index < -0.39 is 0 Å². The van der Waals surface area contributed by atoms with Crippen molar-refractivity contribution in [2.75, 3.05) is 7.05 Å². The number of likely N-dealkylation sites (N-methyl/N-ethyl adjacent to an activating group) is 1. The Bertz CT molecular complexity index is 385. The van der Waals surface area contributed by atoms with Crippen molar-refractivity contribution >= 4 is 0 Å². The number of hydrogen-bond donors (Lipinski definition) is 1. The van der Waals surface area contributed by atoms with E-state index in [0.29, 0.717) is 11.5 Å². The maximum Gasteiger partial charge on any atom is 0.0164 e. The highest BCUT2D eigenvalue weighted by molar-refractivity contribution is 5.43. The molecule has 0 saturated heterocycles. The van der Waals surface area contributed by atoms with Crippen molar-refractivity contribution < 1.29 is 0 Å². The normalized spacial score (nSPS) is 37.7. The molecule has 1 heteroatoms. The quantitative estimate of drug-likeness (QED) is 0.775. The molecule has 1 aromatic carbocycles. The van der Waals surface area contributed by atoms with Crippen LogP contribution in [0, 0.1) is 12.8 Å². The lowest BCUT2D eigenvalue weighted by atomic mass is 9.86. The van der Waals surface area contributed by atoms with Crippen molar-refractivity contribution in [2.24, 2.45) is 5.92 Å². The zero-order valence-corrected chi connectivity index (χ0v) is 9.59. The number of benzene rings is 1. The first kappa shape index (κ1) is 9.41. The Morgan fingerprint density at radius 3 is 2.73 bits per heavy atom. The Hall–Kier alpha value is -0.820. The van der Waals surface area contributed by atoms with Gasteiger partial charge in [0.15, 0.2) is 0 Å². The van der Waals surface area contributed by atoms with Gasteiger partial charge in [-0.25, -0.2) is 0 Å². The fraction of sp³-hybridized carbons (Fsp3) is 0.571. The minimum atomic E-state index is 0.500. The van der Waals surface area contributed by atoms with E-state index in [2.05, 4.69) is 43.6 Å². The molecule has 15 heavy (non-hydrogen) atoms. The van der Waals surface area contributed by atoms with Crippen LogP contribution >= 0.6 is 0 Å². The molecule has 1 nitrogen and oxygen atoms in total. The summed E-state index contributed by atoms with van der Waals surface area (Å²) in [4.78, 5) is 0. The van der Waals surface area contributed by atoms with Crippen molar-refractivity contribution in [1.29, 1.82) is 0 Å². The van der Waals surface area contributed by atoms with Gasteiger partial charge in [0.05, 0.1) is 0 Å². The van der Waals surface area contributed by atoms with E-state index in [4.69, 9.17) is 0 Å². The van der Waals surface area contributed by atoms with E-state index in [1.165, 1.54) is 24.8 Å². The van der Waals surface area contributed by atoms with Crippen LogP contribution in [0.1, 0.15) is 30.4 Å². The second-order valence-electron chi connectivity index (χ2n) is 5.17. The molecule has 0 aliphatic heterocycles. The van der Waals surface area contributed by atoms with E-state index in [-0.39, 0.29) is 0 Å². The Morgan fingerprint density at radius 2 is 2.07 bits per heavy atom. The molecule has 0 bridgehead atoms. The topological polar surface area (TPSA) is 12.0 Å². The van der Waals surface area contributed by atoms with Gasteiger partial charge in [-0.05, 0) is 50.3 Å². The molecule has 0 heterocycles. The van der Waals surface area contributed by atoms with Gasteiger partial charge >= 0.3 is 0 Å². The van der Waals surface area contributed by atoms with E-state index in [1.54, 1.807) is 5.56 Å². The molecule has 0 aromatic heterocycles. The van der Waals surface area contributed by atoms with Gasteiger partial charge < -0.3 is 5.32 Å². The largest absolute Gasteiger partial charge is 0.316 e. The maximum absolute atomic E-state index is 3.52. The molecule has 2 aliphatic carbocycles. The Morgan fingerprint density at radius 1 is 1.27 bits per heavy atom. The molecule has 1 aromatic rings. The van der Waals surface area contributed by atoms with Crippen molar-refractivity contribution in [3.63, 3.8) is 0 Å². The van der Waals surface area contributed by atoms with Gasteiger partial charge in [0.2, 0.25) is 0 Å². The molecular formula is C14H19N. The average molecular weight is 201 g/mol. The highest BCUT2D eigenvalue weighted by atomic mass is 14.9. The number of hydrogen-bond acceptors (Lipinski definition) is 1. The van der Waals surface area contributed by atoms with Crippen LogP contribution in [0.4, 0.5) is 0 Å². The van der Waals surface area contributed by atoms with E-state index >= 15 is 0 Å². The first-order valence-corrected chi connectivity index (χ1v) is 6.02. The van der Waals surface area contributed by atoms with Crippen LogP contribution in [0.2, 0.25) is 0 Å². The summed E-state index contributed by atoms with van der Waals surface area (Å²) >= 11 is 0. The first-order valence-electron chi connectivity index (χ1n) is 6.02. The van der Waals surface area contributed by atoms with Crippen LogP contribution in [0.15, 0.2) is 24.3 Å². The lowest BCUT2D eigenvalue weighted by molar-refractivity contribution is 0.465. The summed E-state index contributed by atoms with van der Waals surface area (Å²) in [6.07, 6.45) is 4.18. The molecule has 2 saturated carbocycles. The molecule has 3 unspecified atom stereocenters. The molecule has 3 atom stereocenters. The summed E-state index contributed by atoms with van der Waals surface area (Å²) < 4.78 is 0. The van der Waals surface area contributed by atoms with Crippen molar-refractivity contribution in [2.45, 2.75) is 37.6 Å². The molecule has 2 fully saturated rings. The summed E-state index contributed by atoms with van der Waals surface area (Å²) in [6, 6.07) is 9.65. The zero-order chi connectivity index (χ0) is 10.5. The average Bonchev–Trinajstić information content (AvgIpc) is 2.87. The summed E-state index contributed by atoms with van der Waals surface area (Å²) in [6.45, 7) is 2.25. The van der Waals surface area contributed by atoms with Crippen molar-refractivity contribution in [3.8, 4) is 0 Å². The van der Waals surface area contributed by atoms with Gasteiger partial charge in [-0.15, -0.1) is 0 Å². The fourth-order valence-electron chi connectivity index (χ4n) is 3.78. The maximum atomic E-state index is 3.52. The molecular weight excluding hydrogens is 182 g/mol. The number of fused-ring (bicyclic) bond motifs is 1. The molecule has 1 N–H and O–H groups in total. The second-order valence-corrected chi connectivity index (χ2v) is 5.17. The molecule has 3 rings (SSSR count). The standard InChI is InChI=1S/C14H19N/c1-10-5-3-4-6-12(10)14-9-11(14)7-8-13(14)15-2/h3-6,11,13,15H,7-9H2,1-2H3. The Labute approximate surface area is 91.9 Å². The summed E-state index contributed by atoms with van der Waals surface area (Å²) in [5.74, 6) is 0.955. The van der Waals surface area contributed by atoms with Crippen LogP contribution in [-0.4, -0.2) is 13.1 Å². The Balaban J connectivity index is 2.04. The van der Waals surface area contributed by atoms with Crippen LogP contribution in [-0.2, 0) is 5.41 Å². The van der Waals surface area contributed by atoms with Gasteiger partial charge in [0, 0.05) is 11.5 Å². The summed E-state index contributed by atoms with van der Waals surface area (Å²) in [5, 5.41) is 3.52. The van der Waals surface area contributed by atoms with Gasteiger partial charge in [0.1, 0.15) is 0 Å². The van der Waals surface area contributed by atoms with Crippen LogP contribution in [0.5, 0.6) is 0 Å². The van der Waals surface area contributed by atoms with E-state index in [9.17, 15) is 0 Å². The van der Waals surface area contributed by atoms with Crippen LogP contribution < -0.4 is 5.32 Å². The monoisotopic (exact) mass is 201 g/mol. The minimum Gasteiger partial charge on any atom is -0.316 e. The van der Waals surface area contributed by atoms with Gasteiger partial charge in [-0.2, -0.15) is 0 Å².